The maximum atomic E-state index is 15.4. The second-order valence-electron chi connectivity index (χ2n) is 18.9. The van der Waals surface area contributed by atoms with E-state index in [0.717, 1.165) is 11.1 Å². The number of hydrogen-bond donors (Lipinski definition) is 6. The molecule has 0 spiro atoms. The summed E-state index contributed by atoms with van der Waals surface area (Å²) in [6, 6.07) is 10.2. The average Bonchev–Trinajstić information content (AvgIpc) is 3.68. The number of benzene rings is 2. The van der Waals surface area contributed by atoms with Gasteiger partial charge in [-0.2, -0.15) is 0 Å². The zero-order valence-electron chi connectivity index (χ0n) is 39.9. The quantitative estimate of drug-likeness (QED) is 0.0547. The van der Waals surface area contributed by atoms with Gasteiger partial charge in [-0.05, 0) is 88.1 Å². The number of hydrogen-bond acceptors (Lipinski definition) is 12. The SMILES string of the molecule is CC[C@@]1(O)C(=O)OCc2c1cc1n(c2=O)Cc2c-1nc1cc(F)c(C)c3c1c2[C@@H](NC(=O)CCCCCN(CC(N)=O)C(=O)[C@H](Cc1ccccc1)NC(=O)CNC(=O)CNC(=O)OC(C)(C)C)CC3. The number of aliphatic hydroxyl groups is 1. The van der Waals surface area contributed by atoms with Crippen LogP contribution in [0.2, 0.25) is 0 Å². The van der Waals surface area contributed by atoms with Crippen molar-refractivity contribution in [1.82, 2.24) is 35.7 Å². The number of unbranched alkanes of at least 4 members (excludes halogenated alkanes) is 2. The number of nitrogens with one attached hydrogen (secondary N) is 4. The number of fused-ring (bicyclic) bond motifs is 5. The average molecular weight is 967 g/mol. The lowest BCUT2D eigenvalue weighted by Crippen LogP contribution is -2.53. The van der Waals surface area contributed by atoms with Crippen molar-refractivity contribution in [3.63, 3.8) is 0 Å². The Hall–Kier alpha value is -7.22. The van der Waals surface area contributed by atoms with E-state index in [2.05, 4.69) is 21.3 Å². The Labute approximate surface area is 403 Å². The van der Waals surface area contributed by atoms with Crippen LogP contribution in [0.25, 0.3) is 22.3 Å². The first-order valence-corrected chi connectivity index (χ1v) is 23.4. The number of primary amides is 1. The summed E-state index contributed by atoms with van der Waals surface area (Å²) in [5.41, 5.74) is 7.11. The second kappa shape index (κ2) is 20.8. The minimum atomic E-state index is -2.03. The molecule has 2 aromatic carbocycles. The van der Waals surface area contributed by atoms with Crippen LogP contribution in [0, 0.1) is 12.7 Å². The fourth-order valence-corrected chi connectivity index (χ4v) is 9.41. The lowest BCUT2D eigenvalue weighted by Gasteiger charge is -2.31. The number of carbonyl (C=O) groups is 7. The van der Waals surface area contributed by atoms with Gasteiger partial charge in [-0.1, -0.05) is 43.7 Å². The number of ether oxygens (including phenoxy) is 2. The van der Waals surface area contributed by atoms with Gasteiger partial charge in [0.25, 0.3) is 5.56 Å². The highest BCUT2D eigenvalue weighted by molar-refractivity contribution is 5.95. The monoisotopic (exact) mass is 966 g/mol. The number of nitrogens with zero attached hydrogens (tertiary/aromatic N) is 3. The standard InChI is InChI=1S/C50H59FN8O11/c1-6-50(68)32-20-37-44-30(24-59(37)45(64)31(32)26-69-47(50)66)43-34(17-16-29-27(2)33(51)21-35(57-44)42(29)43)55-39(61)15-11-8-12-18-58(25-38(52)60)46(65)36(19-28-13-9-7-10-14-28)56-41(63)23-53-40(62)22-54-48(67)70-49(3,4)5/h7,9-10,13-14,20-21,34,36,68H,6,8,11-12,15-19,22-26H2,1-5H3,(H2,52,60)(H,53,62)(H,54,67)(H,55,61)(H,56,63)/t34-,36-,50-/m0/s1. The van der Waals surface area contributed by atoms with Crippen molar-refractivity contribution in [2.45, 2.75) is 122 Å². The van der Waals surface area contributed by atoms with Crippen molar-refractivity contribution in [1.29, 1.82) is 0 Å². The molecule has 4 heterocycles. The molecule has 0 unspecified atom stereocenters. The lowest BCUT2D eigenvalue weighted by atomic mass is 9.81. The minimum Gasteiger partial charge on any atom is -0.458 e. The Morgan fingerprint density at radius 3 is 2.43 bits per heavy atom. The molecule has 7 N–H and O–H groups in total. The number of alkyl carbamates (subject to hydrolysis) is 1. The van der Waals surface area contributed by atoms with Crippen LogP contribution in [-0.4, -0.2) is 99.0 Å². The molecule has 2 aliphatic heterocycles. The molecule has 6 amide bonds. The minimum absolute atomic E-state index is 0.0320. The van der Waals surface area contributed by atoms with E-state index in [1.54, 1.807) is 71.0 Å². The summed E-state index contributed by atoms with van der Waals surface area (Å²) in [6.45, 7) is 6.80. The number of pyridine rings is 2. The molecule has 2 aromatic heterocycles. The van der Waals surface area contributed by atoms with Crippen molar-refractivity contribution in [3.8, 4) is 11.4 Å². The van der Waals surface area contributed by atoms with Crippen LogP contribution < -0.4 is 32.6 Å². The zero-order chi connectivity index (χ0) is 50.7. The molecule has 19 nitrogen and oxygen atoms in total. The van der Waals surface area contributed by atoms with E-state index in [0.29, 0.717) is 71.1 Å². The van der Waals surface area contributed by atoms with E-state index in [9.17, 15) is 43.5 Å². The number of amides is 6. The molecule has 0 bridgehead atoms. The number of aryl methyl sites for hydroxylation is 1. The van der Waals surface area contributed by atoms with Crippen molar-refractivity contribution in [2.75, 3.05) is 26.2 Å². The number of rotatable bonds is 18. The van der Waals surface area contributed by atoms with Gasteiger partial charge in [0.1, 0.15) is 30.6 Å². The normalized spacial score (nSPS) is 17.0. The first kappa shape index (κ1) is 50.7. The van der Waals surface area contributed by atoms with Gasteiger partial charge in [0.15, 0.2) is 5.60 Å². The lowest BCUT2D eigenvalue weighted by molar-refractivity contribution is -0.172. The predicted molar refractivity (Wildman–Crippen MR) is 252 cm³/mol. The van der Waals surface area contributed by atoms with Gasteiger partial charge in [-0.25, -0.2) is 19.0 Å². The summed E-state index contributed by atoms with van der Waals surface area (Å²) < 4.78 is 27.3. The van der Waals surface area contributed by atoms with E-state index in [1.165, 1.54) is 15.5 Å². The van der Waals surface area contributed by atoms with Crippen LogP contribution in [0.1, 0.15) is 111 Å². The first-order valence-electron chi connectivity index (χ1n) is 23.4. The molecular formula is C50H59FN8O11. The van der Waals surface area contributed by atoms with Crippen LogP contribution in [0.5, 0.6) is 0 Å². The zero-order valence-corrected chi connectivity index (χ0v) is 39.9. The smallest absolute Gasteiger partial charge is 0.408 e. The Kier molecular flexibility index (Phi) is 15.0. The Morgan fingerprint density at radius 1 is 1.00 bits per heavy atom. The van der Waals surface area contributed by atoms with E-state index < -0.39 is 90.0 Å². The highest BCUT2D eigenvalue weighted by atomic mass is 19.1. The third-order valence-electron chi connectivity index (χ3n) is 12.9. The first-order chi connectivity index (χ1) is 33.2. The molecule has 20 heteroatoms. The van der Waals surface area contributed by atoms with Crippen molar-refractivity contribution in [3.05, 3.63) is 97.6 Å². The fourth-order valence-electron chi connectivity index (χ4n) is 9.41. The van der Waals surface area contributed by atoms with Gasteiger partial charge in [0.05, 0.1) is 48.1 Å². The van der Waals surface area contributed by atoms with Gasteiger partial charge in [-0.3, -0.25) is 28.8 Å². The number of cyclic esters (lactones) is 1. The van der Waals surface area contributed by atoms with E-state index in [-0.39, 0.29) is 56.0 Å². The van der Waals surface area contributed by atoms with Gasteiger partial charge in [0, 0.05) is 42.0 Å². The molecule has 3 aliphatic rings. The van der Waals surface area contributed by atoms with Crippen molar-refractivity contribution >= 4 is 52.5 Å². The molecule has 1 aliphatic carbocycles. The van der Waals surface area contributed by atoms with Crippen LogP contribution in [0.3, 0.4) is 0 Å². The summed E-state index contributed by atoms with van der Waals surface area (Å²) in [5, 5.41) is 22.6. The molecule has 3 atom stereocenters. The van der Waals surface area contributed by atoms with Crippen LogP contribution in [0.15, 0.2) is 47.3 Å². The van der Waals surface area contributed by atoms with Crippen molar-refractivity contribution in [2.24, 2.45) is 5.73 Å². The number of halogens is 1. The van der Waals surface area contributed by atoms with Crippen LogP contribution in [0.4, 0.5) is 9.18 Å². The van der Waals surface area contributed by atoms with Gasteiger partial charge < -0.3 is 51.0 Å². The number of nitrogens with two attached hydrogens (primary N) is 1. The molecule has 70 heavy (non-hydrogen) atoms. The topological polar surface area (TPSA) is 270 Å². The summed E-state index contributed by atoms with van der Waals surface area (Å²) >= 11 is 0. The Balaban J connectivity index is 1.00. The van der Waals surface area contributed by atoms with Crippen LogP contribution in [-0.2, 0) is 69.8 Å². The Bertz CT molecular complexity index is 2830. The fraction of sp³-hybridized carbons (Fsp3) is 0.460. The third kappa shape index (κ3) is 11.0. The van der Waals surface area contributed by atoms with Crippen LogP contribution >= 0.6 is 0 Å². The molecular weight excluding hydrogens is 908 g/mol. The summed E-state index contributed by atoms with van der Waals surface area (Å²) in [7, 11) is 0. The second-order valence-corrected chi connectivity index (χ2v) is 18.9. The summed E-state index contributed by atoms with van der Waals surface area (Å²) in [5.74, 6) is -4.27. The summed E-state index contributed by atoms with van der Waals surface area (Å²) in [4.78, 5) is 110. The van der Waals surface area contributed by atoms with E-state index in [4.69, 9.17) is 20.2 Å². The maximum Gasteiger partial charge on any atom is 0.408 e. The molecule has 0 saturated carbocycles. The predicted octanol–water partition coefficient (Wildman–Crippen LogP) is 2.87. The van der Waals surface area contributed by atoms with Gasteiger partial charge in [0.2, 0.25) is 29.5 Å². The molecule has 7 rings (SSSR count). The number of carbonyl (C=O) groups excluding carboxylic acids is 7. The molecule has 372 valence electrons. The molecule has 4 aromatic rings. The Morgan fingerprint density at radius 2 is 1.73 bits per heavy atom. The molecule has 0 saturated heterocycles. The molecule has 0 fully saturated rings. The largest absolute Gasteiger partial charge is 0.458 e. The maximum absolute atomic E-state index is 15.4. The molecule has 0 radical (unpaired) electrons. The highest BCUT2D eigenvalue weighted by Gasteiger charge is 2.46. The highest BCUT2D eigenvalue weighted by Crippen LogP contribution is 2.46. The van der Waals surface area contributed by atoms with E-state index >= 15 is 4.39 Å². The van der Waals surface area contributed by atoms with Crippen molar-refractivity contribution < 1.29 is 52.5 Å². The van der Waals surface area contributed by atoms with Gasteiger partial charge >= 0.3 is 12.1 Å². The third-order valence-corrected chi connectivity index (χ3v) is 12.9. The van der Waals surface area contributed by atoms with E-state index in [1.807, 2.05) is 0 Å². The van der Waals surface area contributed by atoms with Gasteiger partial charge in [-0.15, -0.1) is 0 Å². The number of aromatic nitrogens is 2. The number of esters is 1. The summed E-state index contributed by atoms with van der Waals surface area (Å²) in [6.07, 6.45) is 1.47.